The zero-order chi connectivity index (χ0) is 25.0. The number of allylic oxidation sites excluding steroid dienone is 1. The summed E-state index contributed by atoms with van der Waals surface area (Å²) in [5.41, 5.74) is 3.27. The molecule has 0 spiro atoms. The topological polar surface area (TPSA) is 61.8 Å². The van der Waals surface area contributed by atoms with Gasteiger partial charge in [-0.2, -0.15) is 0 Å². The summed E-state index contributed by atoms with van der Waals surface area (Å²) < 4.78 is 15.9. The van der Waals surface area contributed by atoms with E-state index < -0.39 is 12.1 Å². The molecule has 0 saturated carbocycles. The van der Waals surface area contributed by atoms with E-state index in [9.17, 15) is 4.79 Å². The van der Waals surface area contributed by atoms with Gasteiger partial charge >= 0.3 is 5.97 Å². The van der Waals surface area contributed by atoms with E-state index in [1.807, 2.05) is 24.3 Å². The van der Waals surface area contributed by atoms with Crippen LogP contribution in [0.1, 0.15) is 42.9 Å². The highest BCUT2D eigenvalue weighted by molar-refractivity contribution is 5.81. The standard InChI is InChI=1S/C26H30O4.C3H4O/c1-4-6-7-8-21-9-11-22(12-10-21)13-14-23-15-17-24(18-16-23)29-20-25(19-28-3)30-26(27)5-2;1-2-3-4/h5,9-12,15-18,25H,2,4,6-8,19-20H2,1,3H3;2-3H,1H2. The Morgan fingerprint density at radius 3 is 2.06 bits per heavy atom. The lowest BCUT2D eigenvalue weighted by molar-refractivity contribution is -0.147. The normalized spacial score (nSPS) is 10.4. The van der Waals surface area contributed by atoms with E-state index in [4.69, 9.17) is 19.0 Å². The van der Waals surface area contributed by atoms with Gasteiger partial charge in [-0.15, -0.1) is 0 Å². The molecule has 0 amide bonds. The number of ether oxygens (including phenoxy) is 3. The molecule has 34 heavy (non-hydrogen) atoms. The molecule has 0 aliphatic carbocycles. The van der Waals surface area contributed by atoms with Crippen molar-refractivity contribution in [2.75, 3.05) is 20.3 Å². The smallest absolute Gasteiger partial charge is 0.330 e. The zero-order valence-electron chi connectivity index (χ0n) is 20.1. The number of carbonyl (C=O) groups excluding carboxylic acids is 2. The van der Waals surface area contributed by atoms with E-state index in [-0.39, 0.29) is 13.2 Å². The quantitative estimate of drug-likeness (QED) is 0.141. The lowest BCUT2D eigenvalue weighted by Crippen LogP contribution is -2.28. The van der Waals surface area contributed by atoms with Crippen LogP contribution < -0.4 is 4.74 Å². The number of benzene rings is 2. The van der Waals surface area contributed by atoms with Crippen molar-refractivity contribution in [1.29, 1.82) is 0 Å². The number of aldehydes is 1. The van der Waals surface area contributed by atoms with Gasteiger partial charge in [0.2, 0.25) is 0 Å². The molecule has 0 heterocycles. The number of unbranched alkanes of at least 4 members (excludes halogenated alkanes) is 2. The number of esters is 1. The first-order valence-corrected chi connectivity index (χ1v) is 11.3. The van der Waals surface area contributed by atoms with Gasteiger partial charge in [0.15, 0.2) is 6.10 Å². The molecule has 0 saturated heterocycles. The van der Waals surface area contributed by atoms with E-state index in [0.29, 0.717) is 12.0 Å². The average molecular weight is 463 g/mol. The van der Waals surface area contributed by atoms with E-state index >= 15 is 0 Å². The molecule has 2 aromatic rings. The molecule has 0 bridgehead atoms. The molecule has 0 aromatic heterocycles. The van der Waals surface area contributed by atoms with Crippen LogP contribution in [0.4, 0.5) is 0 Å². The Hall–Kier alpha value is -3.62. The second-order valence-corrected chi connectivity index (χ2v) is 7.33. The highest BCUT2D eigenvalue weighted by Gasteiger charge is 2.13. The SMILES string of the molecule is C=CC(=O)OC(COC)COc1ccc(C#Cc2ccc(CCCCC)cc2)cc1.C=CC=O. The van der Waals surface area contributed by atoms with Gasteiger partial charge in [-0.3, -0.25) is 4.79 Å². The van der Waals surface area contributed by atoms with Gasteiger partial charge in [0.05, 0.1) is 6.61 Å². The maximum absolute atomic E-state index is 11.4. The third-order valence-corrected chi connectivity index (χ3v) is 4.56. The van der Waals surface area contributed by atoms with Crippen LogP contribution in [0.5, 0.6) is 5.75 Å². The highest BCUT2D eigenvalue weighted by Crippen LogP contribution is 2.13. The highest BCUT2D eigenvalue weighted by atomic mass is 16.6. The molecule has 5 nitrogen and oxygen atoms in total. The second kappa shape index (κ2) is 17.9. The van der Waals surface area contributed by atoms with Crippen LogP contribution in [0.3, 0.4) is 0 Å². The predicted octanol–water partition coefficient (Wildman–Crippen LogP) is 5.31. The van der Waals surface area contributed by atoms with Gasteiger partial charge < -0.3 is 14.2 Å². The minimum absolute atomic E-state index is 0.197. The molecule has 2 aromatic carbocycles. The number of rotatable bonds is 12. The molecule has 0 N–H and O–H groups in total. The lowest BCUT2D eigenvalue weighted by atomic mass is 10.1. The van der Waals surface area contributed by atoms with Gasteiger partial charge in [-0.05, 0) is 60.9 Å². The van der Waals surface area contributed by atoms with E-state index in [0.717, 1.165) is 23.6 Å². The second-order valence-electron chi connectivity index (χ2n) is 7.33. The minimum atomic E-state index is -0.500. The fraction of sp³-hybridized carbons (Fsp3) is 0.310. The lowest BCUT2D eigenvalue weighted by Gasteiger charge is -2.16. The molecule has 0 fully saturated rings. The van der Waals surface area contributed by atoms with Gasteiger partial charge in [-0.25, -0.2) is 4.79 Å². The van der Waals surface area contributed by atoms with Gasteiger partial charge in [-0.1, -0.05) is 56.9 Å². The number of methoxy groups -OCH3 is 1. The number of hydrogen-bond donors (Lipinski definition) is 0. The summed E-state index contributed by atoms with van der Waals surface area (Å²) in [7, 11) is 1.54. The summed E-state index contributed by atoms with van der Waals surface area (Å²) in [5.74, 6) is 6.54. The van der Waals surface area contributed by atoms with Crippen molar-refractivity contribution in [3.8, 4) is 17.6 Å². The third kappa shape index (κ3) is 12.4. The molecular formula is C29H34O5. The summed E-state index contributed by atoms with van der Waals surface area (Å²) in [6.07, 6.45) is 7.33. The molecular weight excluding hydrogens is 428 g/mol. The van der Waals surface area contributed by atoms with Crippen LogP contribution in [0.15, 0.2) is 73.8 Å². The van der Waals surface area contributed by atoms with Gasteiger partial charge in [0, 0.05) is 24.3 Å². The Bertz CT molecular complexity index is 927. The maximum Gasteiger partial charge on any atom is 0.330 e. The van der Waals surface area contributed by atoms with E-state index in [2.05, 4.69) is 56.2 Å². The minimum Gasteiger partial charge on any atom is -0.490 e. The van der Waals surface area contributed by atoms with Crippen molar-refractivity contribution in [2.45, 2.75) is 38.7 Å². The first kappa shape index (κ1) is 28.4. The van der Waals surface area contributed by atoms with Crippen LogP contribution in [0.25, 0.3) is 0 Å². The molecule has 0 radical (unpaired) electrons. The monoisotopic (exact) mass is 462 g/mol. The van der Waals surface area contributed by atoms with Crippen LogP contribution in [-0.2, 0) is 25.5 Å². The summed E-state index contributed by atoms with van der Waals surface area (Å²) in [4.78, 5) is 20.4. The van der Waals surface area contributed by atoms with Gasteiger partial charge in [0.25, 0.3) is 0 Å². The van der Waals surface area contributed by atoms with Crippen molar-refractivity contribution < 1.29 is 23.8 Å². The van der Waals surface area contributed by atoms with Gasteiger partial charge in [0.1, 0.15) is 18.6 Å². The summed E-state index contributed by atoms with van der Waals surface area (Å²) in [6.45, 7) is 9.17. The van der Waals surface area contributed by atoms with Crippen LogP contribution in [-0.4, -0.2) is 38.7 Å². The fourth-order valence-electron chi connectivity index (χ4n) is 2.82. The Labute approximate surface area is 203 Å². The zero-order valence-corrected chi connectivity index (χ0v) is 20.1. The van der Waals surface area contributed by atoms with Crippen LogP contribution in [0.2, 0.25) is 0 Å². The van der Waals surface area contributed by atoms with Crippen molar-refractivity contribution in [2.24, 2.45) is 0 Å². The fourth-order valence-corrected chi connectivity index (χ4v) is 2.82. The predicted molar refractivity (Wildman–Crippen MR) is 136 cm³/mol. The average Bonchev–Trinajstić information content (AvgIpc) is 2.87. The molecule has 1 atom stereocenters. The first-order chi connectivity index (χ1) is 16.6. The number of carbonyl (C=O) groups is 2. The summed E-state index contributed by atoms with van der Waals surface area (Å²) >= 11 is 0. The Morgan fingerprint density at radius 1 is 0.971 bits per heavy atom. The molecule has 5 heteroatoms. The largest absolute Gasteiger partial charge is 0.490 e. The van der Waals surface area contributed by atoms with E-state index in [1.54, 1.807) is 7.11 Å². The summed E-state index contributed by atoms with van der Waals surface area (Å²) in [6, 6.07) is 16.0. The first-order valence-electron chi connectivity index (χ1n) is 11.3. The number of aryl methyl sites for hydroxylation is 1. The van der Waals surface area contributed by atoms with Crippen molar-refractivity contribution in [3.63, 3.8) is 0 Å². The Morgan fingerprint density at radius 2 is 1.56 bits per heavy atom. The summed E-state index contributed by atoms with van der Waals surface area (Å²) in [5, 5.41) is 0. The Kier molecular flexibility index (Phi) is 14.9. The van der Waals surface area contributed by atoms with Crippen molar-refractivity contribution in [3.05, 3.63) is 90.5 Å². The molecule has 180 valence electrons. The Balaban J connectivity index is 0.00000133. The third-order valence-electron chi connectivity index (χ3n) is 4.56. The molecule has 2 rings (SSSR count). The maximum atomic E-state index is 11.4. The molecule has 0 aliphatic heterocycles. The van der Waals surface area contributed by atoms with Crippen molar-refractivity contribution in [1.82, 2.24) is 0 Å². The van der Waals surface area contributed by atoms with Crippen LogP contribution in [0, 0.1) is 11.8 Å². The van der Waals surface area contributed by atoms with Crippen molar-refractivity contribution >= 4 is 12.3 Å². The van der Waals surface area contributed by atoms with Crippen LogP contribution >= 0.6 is 0 Å². The molecule has 1 unspecified atom stereocenters. The number of hydrogen-bond acceptors (Lipinski definition) is 5. The molecule has 0 aliphatic rings. The van der Waals surface area contributed by atoms with E-state index in [1.165, 1.54) is 30.9 Å².